The van der Waals surface area contributed by atoms with Crippen molar-refractivity contribution >= 4 is 0 Å². The van der Waals surface area contributed by atoms with Crippen molar-refractivity contribution in [2.45, 2.75) is 12.8 Å². The highest BCUT2D eigenvalue weighted by atomic mass is 16.5. The Morgan fingerprint density at radius 3 is 3.00 bits per heavy atom. The van der Waals surface area contributed by atoms with Crippen LogP contribution in [-0.4, -0.2) is 23.9 Å². The Hall–Kier alpha value is -1.10. The quantitative estimate of drug-likeness (QED) is 0.678. The minimum absolute atomic E-state index is 0.0615. The average molecular weight is 158 g/mol. The second kappa shape index (κ2) is 3.34. The number of ether oxygens (including phenoxy) is 1. The Bertz CT molecular complexity index is 265. The third kappa shape index (κ3) is 1.91. The van der Waals surface area contributed by atoms with E-state index in [1.165, 1.54) is 0 Å². The molecule has 1 aromatic heterocycles. The summed E-state index contributed by atoms with van der Waals surface area (Å²) in [6, 6.07) is 0. The Labute approximate surface area is 63.4 Å². The van der Waals surface area contributed by atoms with Gasteiger partial charge >= 0.3 is 5.76 Å². The number of rotatable bonds is 3. The van der Waals surface area contributed by atoms with Crippen LogP contribution in [0.15, 0.2) is 9.32 Å². The molecule has 0 saturated heterocycles. The fourth-order valence-corrected chi connectivity index (χ4v) is 0.783. The van der Waals surface area contributed by atoms with E-state index in [2.05, 4.69) is 14.7 Å². The Kier molecular flexibility index (Phi) is 2.43. The number of aromatic nitrogens is 2. The molecule has 0 aliphatic rings. The molecule has 1 unspecified atom stereocenters. The van der Waals surface area contributed by atoms with Crippen molar-refractivity contribution in [2.24, 2.45) is 0 Å². The summed E-state index contributed by atoms with van der Waals surface area (Å²) in [5.41, 5.74) is 0. The van der Waals surface area contributed by atoms with Gasteiger partial charge in [-0.15, -0.1) is 0 Å². The number of methoxy groups -OCH3 is 1. The van der Waals surface area contributed by atoms with Crippen molar-refractivity contribution in [1.82, 2.24) is 10.1 Å². The molecule has 0 fully saturated rings. The van der Waals surface area contributed by atoms with Gasteiger partial charge in [-0.25, -0.2) is 4.79 Å². The lowest BCUT2D eigenvalue weighted by Gasteiger charge is -2.02. The Morgan fingerprint density at radius 1 is 1.82 bits per heavy atom. The van der Waals surface area contributed by atoms with E-state index >= 15 is 0 Å². The summed E-state index contributed by atoms with van der Waals surface area (Å²) < 4.78 is 9.18. The first-order valence-corrected chi connectivity index (χ1v) is 3.29. The largest absolute Gasteiger partial charge is 0.438 e. The van der Waals surface area contributed by atoms with Crippen LogP contribution in [0.2, 0.25) is 0 Å². The van der Waals surface area contributed by atoms with Gasteiger partial charge < -0.3 is 4.74 Å². The molecule has 1 heterocycles. The molecule has 5 heteroatoms. The third-order valence-electron chi connectivity index (χ3n) is 1.34. The van der Waals surface area contributed by atoms with Gasteiger partial charge in [0, 0.05) is 13.0 Å². The minimum atomic E-state index is -0.525. The smallest absolute Gasteiger partial charge is 0.384 e. The highest BCUT2D eigenvalue weighted by Crippen LogP contribution is 2.06. The molecule has 1 aromatic rings. The van der Waals surface area contributed by atoms with E-state index in [-0.39, 0.29) is 5.92 Å². The van der Waals surface area contributed by atoms with Crippen molar-refractivity contribution in [2.75, 3.05) is 13.7 Å². The predicted octanol–water partition coefficient (Wildman–Crippen LogP) is 0.113. The van der Waals surface area contributed by atoms with Gasteiger partial charge in [-0.1, -0.05) is 12.1 Å². The second-order valence-electron chi connectivity index (χ2n) is 2.34. The molecule has 0 bridgehead atoms. The molecule has 5 nitrogen and oxygen atoms in total. The summed E-state index contributed by atoms with van der Waals surface area (Å²) in [4.78, 5) is 12.9. The lowest BCUT2D eigenvalue weighted by molar-refractivity contribution is 0.180. The zero-order valence-corrected chi connectivity index (χ0v) is 6.46. The van der Waals surface area contributed by atoms with Crippen molar-refractivity contribution in [1.29, 1.82) is 0 Å². The molecule has 0 saturated carbocycles. The van der Waals surface area contributed by atoms with Crippen LogP contribution < -0.4 is 5.76 Å². The normalized spacial score (nSPS) is 13.3. The maximum atomic E-state index is 10.5. The molecule has 0 aliphatic heterocycles. The second-order valence-corrected chi connectivity index (χ2v) is 2.34. The van der Waals surface area contributed by atoms with Crippen molar-refractivity contribution in [3.05, 3.63) is 16.4 Å². The third-order valence-corrected chi connectivity index (χ3v) is 1.34. The molecule has 0 spiro atoms. The van der Waals surface area contributed by atoms with E-state index in [9.17, 15) is 4.79 Å². The summed E-state index contributed by atoms with van der Waals surface area (Å²) in [6.45, 7) is 2.40. The molecule has 0 amide bonds. The highest BCUT2D eigenvalue weighted by molar-refractivity contribution is 4.88. The molecule has 0 radical (unpaired) electrons. The van der Waals surface area contributed by atoms with Gasteiger partial charge in [-0.3, -0.25) is 9.51 Å². The molecule has 62 valence electrons. The molecule has 1 atom stereocenters. The maximum absolute atomic E-state index is 10.5. The van der Waals surface area contributed by atoms with Gasteiger partial charge in [0.05, 0.1) is 6.61 Å². The molecule has 0 aliphatic carbocycles. The lowest BCUT2D eigenvalue weighted by atomic mass is 10.2. The fourth-order valence-electron chi connectivity index (χ4n) is 0.783. The maximum Gasteiger partial charge on any atom is 0.438 e. The summed E-state index contributed by atoms with van der Waals surface area (Å²) in [5.74, 6) is 0.0613. The molecule has 11 heavy (non-hydrogen) atoms. The number of H-pyrrole nitrogens is 1. The Balaban J connectivity index is 2.68. The van der Waals surface area contributed by atoms with Crippen LogP contribution in [0.1, 0.15) is 18.7 Å². The summed E-state index contributed by atoms with van der Waals surface area (Å²) in [5, 5.41) is 3.51. The van der Waals surface area contributed by atoms with Crippen LogP contribution in [-0.2, 0) is 4.74 Å². The van der Waals surface area contributed by atoms with E-state index < -0.39 is 5.76 Å². The fraction of sp³-hybridized carbons (Fsp3) is 0.667. The predicted molar refractivity (Wildman–Crippen MR) is 37.4 cm³/mol. The number of nitrogens with one attached hydrogen (secondary N) is 1. The lowest BCUT2D eigenvalue weighted by Crippen LogP contribution is -2.05. The number of hydrogen-bond acceptors (Lipinski definition) is 4. The van der Waals surface area contributed by atoms with Gasteiger partial charge in [0.15, 0.2) is 5.82 Å². The zero-order valence-electron chi connectivity index (χ0n) is 6.46. The first-order chi connectivity index (χ1) is 5.24. The molecule has 1 rings (SSSR count). The van der Waals surface area contributed by atoms with Crippen LogP contribution in [0.25, 0.3) is 0 Å². The van der Waals surface area contributed by atoms with E-state index in [0.29, 0.717) is 12.4 Å². The van der Waals surface area contributed by atoms with Crippen molar-refractivity contribution in [3.8, 4) is 0 Å². The van der Waals surface area contributed by atoms with E-state index in [4.69, 9.17) is 4.74 Å². The van der Waals surface area contributed by atoms with Crippen LogP contribution in [0, 0.1) is 0 Å². The molecule has 1 N–H and O–H groups in total. The topological polar surface area (TPSA) is 68.1 Å². The van der Waals surface area contributed by atoms with Crippen LogP contribution in [0.4, 0.5) is 0 Å². The van der Waals surface area contributed by atoms with Crippen LogP contribution in [0.5, 0.6) is 0 Å². The van der Waals surface area contributed by atoms with E-state index in [0.717, 1.165) is 0 Å². The van der Waals surface area contributed by atoms with Gasteiger partial charge in [-0.05, 0) is 0 Å². The summed E-state index contributed by atoms with van der Waals surface area (Å²) >= 11 is 0. The van der Waals surface area contributed by atoms with Crippen LogP contribution in [0.3, 0.4) is 0 Å². The van der Waals surface area contributed by atoms with Gasteiger partial charge in [0.1, 0.15) is 0 Å². The van der Waals surface area contributed by atoms with Crippen LogP contribution >= 0.6 is 0 Å². The zero-order chi connectivity index (χ0) is 8.27. The van der Waals surface area contributed by atoms with Gasteiger partial charge in [0.25, 0.3) is 0 Å². The number of nitrogens with zero attached hydrogens (tertiary/aromatic N) is 1. The number of hydrogen-bond donors (Lipinski definition) is 1. The highest BCUT2D eigenvalue weighted by Gasteiger charge is 2.09. The summed E-state index contributed by atoms with van der Waals surface area (Å²) in [6.07, 6.45) is 0. The van der Waals surface area contributed by atoms with E-state index in [1.807, 2.05) is 6.92 Å². The van der Waals surface area contributed by atoms with Crippen molar-refractivity contribution < 1.29 is 9.26 Å². The monoisotopic (exact) mass is 158 g/mol. The van der Waals surface area contributed by atoms with E-state index in [1.54, 1.807) is 7.11 Å². The summed E-state index contributed by atoms with van der Waals surface area (Å²) in [7, 11) is 1.59. The minimum Gasteiger partial charge on any atom is -0.384 e. The van der Waals surface area contributed by atoms with Gasteiger partial charge in [-0.2, -0.15) is 0 Å². The average Bonchev–Trinajstić information content (AvgIpc) is 2.36. The molecular weight excluding hydrogens is 148 g/mol. The van der Waals surface area contributed by atoms with Crippen molar-refractivity contribution in [3.63, 3.8) is 0 Å². The first kappa shape index (κ1) is 8.00. The molecular formula is C6H10N2O3. The number of aromatic amines is 1. The first-order valence-electron chi connectivity index (χ1n) is 3.29. The molecule has 0 aromatic carbocycles. The standard InChI is InChI=1S/C6H10N2O3/c1-4(3-10-2)5-7-6(9)11-8-5/h4H,3H2,1-2H3,(H,7,8,9). The van der Waals surface area contributed by atoms with Gasteiger partial charge in [0.2, 0.25) is 0 Å². The SMILES string of the molecule is COCC(C)c1noc(=O)[nH]1. The Morgan fingerprint density at radius 2 is 2.55 bits per heavy atom.